The Morgan fingerprint density at radius 1 is 1.00 bits per heavy atom. The topological polar surface area (TPSA) is 25.8 Å². The SMILES string of the molecule is C=Cc1nc(Cl)nc(-c2ccc(C(C)(C)C)cc2)c1C=C. The minimum absolute atomic E-state index is 0.120. The predicted molar refractivity (Wildman–Crippen MR) is 91.4 cm³/mol. The van der Waals surface area contributed by atoms with Gasteiger partial charge in [-0.25, -0.2) is 9.97 Å². The monoisotopic (exact) mass is 298 g/mol. The van der Waals surface area contributed by atoms with E-state index in [1.54, 1.807) is 12.2 Å². The van der Waals surface area contributed by atoms with Gasteiger partial charge in [0.05, 0.1) is 11.4 Å². The Morgan fingerprint density at radius 3 is 2.10 bits per heavy atom. The molecule has 2 aromatic rings. The average Bonchev–Trinajstić information content (AvgIpc) is 2.45. The zero-order valence-electron chi connectivity index (χ0n) is 12.7. The summed E-state index contributed by atoms with van der Waals surface area (Å²) in [6.45, 7) is 14.2. The molecule has 0 unspecified atom stereocenters. The van der Waals surface area contributed by atoms with E-state index in [0.29, 0.717) is 5.69 Å². The fourth-order valence-corrected chi connectivity index (χ4v) is 2.34. The highest BCUT2D eigenvalue weighted by atomic mass is 35.5. The van der Waals surface area contributed by atoms with Gasteiger partial charge in [-0.3, -0.25) is 0 Å². The lowest BCUT2D eigenvalue weighted by atomic mass is 9.86. The van der Waals surface area contributed by atoms with Crippen molar-refractivity contribution < 1.29 is 0 Å². The van der Waals surface area contributed by atoms with Crippen molar-refractivity contribution in [3.63, 3.8) is 0 Å². The molecule has 21 heavy (non-hydrogen) atoms. The van der Waals surface area contributed by atoms with E-state index in [4.69, 9.17) is 11.6 Å². The molecule has 0 saturated carbocycles. The van der Waals surface area contributed by atoms with Gasteiger partial charge in [-0.1, -0.05) is 64.3 Å². The second-order valence-corrected chi connectivity index (χ2v) is 6.21. The molecule has 0 atom stereocenters. The largest absolute Gasteiger partial charge is 0.223 e. The van der Waals surface area contributed by atoms with Crippen molar-refractivity contribution in [2.75, 3.05) is 0 Å². The molecular weight excluding hydrogens is 280 g/mol. The third kappa shape index (κ3) is 3.22. The highest BCUT2D eigenvalue weighted by Gasteiger charge is 2.15. The average molecular weight is 299 g/mol. The lowest BCUT2D eigenvalue weighted by Gasteiger charge is -2.19. The molecule has 0 spiro atoms. The minimum atomic E-state index is 0.120. The van der Waals surface area contributed by atoms with Gasteiger partial charge in [-0.15, -0.1) is 0 Å². The molecule has 0 saturated heterocycles. The Labute approximate surface area is 131 Å². The third-order valence-electron chi connectivity index (χ3n) is 3.37. The van der Waals surface area contributed by atoms with E-state index >= 15 is 0 Å². The molecule has 0 bridgehead atoms. The van der Waals surface area contributed by atoms with E-state index < -0.39 is 0 Å². The molecule has 0 radical (unpaired) electrons. The second-order valence-electron chi connectivity index (χ2n) is 5.88. The highest BCUT2D eigenvalue weighted by molar-refractivity contribution is 6.28. The van der Waals surface area contributed by atoms with Crippen LogP contribution >= 0.6 is 11.6 Å². The van der Waals surface area contributed by atoms with Crippen LogP contribution in [-0.4, -0.2) is 9.97 Å². The summed E-state index contributed by atoms with van der Waals surface area (Å²) in [6.07, 6.45) is 3.40. The van der Waals surface area contributed by atoms with Crippen LogP contribution in [0, 0.1) is 0 Å². The van der Waals surface area contributed by atoms with Crippen molar-refractivity contribution in [2.24, 2.45) is 0 Å². The van der Waals surface area contributed by atoms with Gasteiger partial charge in [0.1, 0.15) is 0 Å². The van der Waals surface area contributed by atoms with E-state index in [9.17, 15) is 0 Å². The van der Waals surface area contributed by atoms with Crippen LogP contribution in [0.2, 0.25) is 5.28 Å². The summed E-state index contributed by atoms with van der Waals surface area (Å²) in [6, 6.07) is 8.34. The Balaban J connectivity index is 2.59. The Hall–Kier alpha value is -1.93. The maximum Gasteiger partial charge on any atom is 0.223 e. The first-order chi connectivity index (χ1) is 9.86. The number of halogens is 1. The van der Waals surface area contributed by atoms with Crippen molar-refractivity contribution >= 4 is 23.8 Å². The first-order valence-corrected chi connectivity index (χ1v) is 7.18. The molecule has 1 aromatic heterocycles. The quantitative estimate of drug-likeness (QED) is 0.711. The first-order valence-electron chi connectivity index (χ1n) is 6.80. The normalized spacial score (nSPS) is 11.2. The molecule has 0 aliphatic rings. The van der Waals surface area contributed by atoms with Gasteiger partial charge in [0.2, 0.25) is 5.28 Å². The number of rotatable bonds is 3. The van der Waals surface area contributed by atoms with Crippen LogP contribution < -0.4 is 0 Å². The first kappa shape index (κ1) is 15.5. The number of hydrogen-bond acceptors (Lipinski definition) is 2. The van der Waals surface area contributed by atoms with Crippen molar-refractivity contribution in [3.8, 4) is 11.3 Å². The fraction of sp³-hybridized carbons (Fsp3) is 0.222. The van der Waals surface area contributed by atoms with Gasteiger partial charge >= 0.3 is 0 Å². The van der Waals surface area contributed by atoms with E-state index in [2.05, 4.69) is 68.2 Å². The van der Waals surface area contributed by atoms with Crippen LogP contribution in [0.5, 0.6) is 0 Å². The number of benzene rings is 1. The van der Waals surface area contributed by atoms with Crippen molar-refractivity contribution in [1.29, 1.82) is 0 Å². The molecular formula is C18H19ClN2. The van der Waals surface area contributed by atoms with E-state index in [0.717, 1.165) is 16.8 Å². The van der Waals surface area contributed by atoms with Crippen molar-refractivity contribution in [2.45, 2.75) is 26.2 Å². The smallest absolute Gasteiger partial charge is 0.218 e. The summed E-state index contributed by atoms with van der Waals surface area (Å²) < 4.78 is 0. The third-order valence-corrected chi connectivity index (χ3v) is 3.54. The zero-order chi connectivity index (χ0) is 15.6. The second kappa shape index (κ2) is 5.82. The maximum absolute atomic E-state index is 6.01. The van der Waals surface area contributed by atoms with Crippen LogP contribution in [0.15, 0.2) is 37.4 Å². The molecule has 0 N–H and O–H groups in total. The molecule has 2 rings (SSSR count). The van der Waals surface area contributed by atoms with Crippen LogP contribution in [0.25, 0.3) is 23.4 Å². The van der Waals surface area contributed by atoms with E-state index in [1.807, 2.05) is 0 Å². The molecule has 108 valence electrons. The van der Waals surface area contributed by atoms with Crippen LogP contribution in [0.4, 0.5) is 0 Å². The molecule has 0 fully saturated rings. The number of aromatic nitrogens is 2. The molecule has 0 amide bonds. The Kier molecular flexibility index (Phi) is 4.29. The summed E-state index contributed by atoms with van der Waals surface area (Å²) >= 11 is 6.01. The van der Waals surface area contributed by atoms with Crippen molar-refractivity contribution in [1.82, 2.24) is 9.97 Å². The van der Waals surface area contributed by atoms with Gasteiger partial charge in [-0.2, -0.15) is 0 Å². The lowest BCUT2D eigenvalue weighted by molar-refractivity contribution is 0.590. The van der Waals surface area contributed by atoms with Gasteiger partial charge < -0.3 is 0 Å². The Morgan fingerprint density at radius 2 is 1.62 bits per heavy atom. The van der Waals surface area contributed by atoms with Crippen molar-refractivity contribution in [3.05, 3.63) is 59.5 Å². The predicted octanol–water partition coefficient (Wildman–Crippen LogP) is 5.38. The summed E-state index contributed by atoms with van der Waals surface area (Å²) in [5, 5.41) is 0.213. The molecule has 1 aromatic carbocycles. The maximum atomic E-state index is 6.01. The number of nitrogens with zero attached hydrogens (tertiary/aromatic N) is 2. The molecule has 0 aliphatic heterocycles. The summed E-state index contributed by atoms with van der Waals surface area (Å²) in [4.78, 5) is 8.52. The van der Waals surface area contributed by atoms with Crippen LogP contribution in [0.3, 0.4) is 0 Å². The van der Waals surface area contributed by atoms with Gasteiger partial charge in [-0.05, 0) is 28.7 Å². The minimum Gasteiger partial charge on any atom is -0.218 e. The fourth-order valence-electron chi connectivity index (χ4n) is 2.16. The number of hydrogen-bond donors (Lipinski definition) is 0. The van der Waals surface area contributed by atoms with Crippen LogP contribution in [0.1, 0.15) is 37.6 Å². The van der Waals surface area contributed by atoms with Gasteiger partial charge in [0.25, 0.3) is 0 Å². The molecule has 1 heterocycles. The summed E-state index contributed by atoms with van der Waals surface area (Å²) in [5.74, 6) is 0. The van der Waals surface area contributed by atoms with E-state index in [-0.39, 0.29) is 10.7 Å². The summed E-state index contributed by atoms with van der Waals surface area (Å²) in [7, 11) is 0. The van der Waals surface area contributed by atoms with E-state index in [1.165, 1.54) is 5.56 Å². The highest BCUT2D eigenvalue weighted by Crippen LogP contribution is 2.29. The lowest BCUT2D eigenvalue weighted by Crippen LogP contribution is -2.10. The van der Waals surface area contributed by atoms with Gasteiger partial charge in [0, 0.05) is 11.1 Å². The summed E-state index contributed by atoms with van der Waals surface area (Å²) in [5.41, 5.74) is 4.70. The molecule has 2 nitrogen and oxygen atoms in total. The van der Waals surface area contributed by atoms with Crippen LogP contribution in [-0.2, 0) is 5.41 Å². The van der Waals surface area contributed by atoms with Gasteiger partial charge in [0.15, 0.2) is 0 Å². The standard InChI is InChI=1S/C18H19ClN2/c1-6-14-15(7-2)20-17(19)21-16(14)12-8-10-13(11-9-12)18(3,4)5/h6-11H,1-2H2,3-5H3. The Bertz CT molecular complexity index is 680. The molecule has 0 aliphatic carbocycles. The molecule has 3 heteroatoms. The zero-order valence-corrected chi connectivity index (χ0v) is 13.4.